The molecule has 1 aromatic heterocycles. The summed E-state index contributed by atoms with van der Waals surface area (Å²) < 4.78 is 7.79. The maximum Gasteiger partial charge on any atom is 0.223 e. The molecule has 27 heavy (non-hydrogen) atoms. The summed E-state index contributed by atoms with van der Waals surface area (Å²) in [6.45, 7) is 0.567. The zero-order chi connectivity index (χ0) is 18.9. The first-order valence-electron chi connectivity index (χ1n) is 10.3. The minimum Gasteiger partial charge on any atom is -0.394 e. The predicted molar refractivity (Wildman–Crippen MR) is 96.6 cm³/mol. The molecule has 0 bridgehead atoms. The molecule has 1 aromatic rings. The first kappa shape index (κ1) is 18.8. The van der Waals surface area contributed by atoms with Crippen molar-refractivity contribution in [2.45, 2.75) is 88.2 Å². The van der Waals surface area contributed by atoms with Gasteiger partial charge in [0.15, 0.2) is 0 Å². The van der Waals surface area contributed by atoms with Crippen LogP contribution in [0.25, 0.3) is 0 Å². The number of hydrogen-bond donors (Lipinski definition) is 3. The van der Waals surface area contributed by atoms with E-state index in [1.807, 2.05) is 6.20 Å². The van der Waals surface area contributed by atoms with Crippen molar-refractivity contribution >= 4 is 5.91 Å². The highest BCUT2D eigenvalue weighted by atomic mass is 16.5. The third-order valence-electron chi connectivity index (χ3n) is 6.20. The molecule has 2 heterocycles. The van der Waals surface area contributed by atoms with E-state index >= 15 is 0 Å². The maximum absolute atomic E-state index is 12.0. The maximum atomic E-state index is 12.0. The number of hydrogen-bond acceptors (Lipinski definition) is 6. The molecule has 3 aliphatic rings. The zero-order valence-corrected chi connectivity index (χ0v) is 15.7. The zero-order valence-electron chi connectivity index (χ0n) is 15.7. The van der Waals surface area contributed by atoms with Crippen molar-refractivity contribution < 1.29 is 19.7 Å². The molecule has 4 rings (SSSR count). The second kappa shape index (κ2) is 7.85. The number of ether oxygens (including phenoxy) is 1. The van der Waals surface area contributed by atoms with Crippen LogP contribution in [0.3, 0.4) is 0 Å². The van der Waals surface area contributed by atoms with Crippen LogP contribution in [0.5, 0.6) is 0 Å². The van der Waals surface area contributed by atoms with Crippen LogP contribution < -0.4 is 5.32 Å². The van der Waals surface area contributed by atoms with Gasteiger partial charge in [0.25, 0.3) is 0 Å². The average molecular weight is 378 g/mol. The fourth-order valence-corrected chi connectivity index (χ4v) is 4.27. The second-order valence-corrected chi connectivity index (χ2v) is 8.34. The molecule has 150 valence electrons. The fraction of sp³-hybridized carbons (Fsp3) is 0.842. The second-order valence-electron chi connectivity index (χ2n) is 8.34. The molecule has 1 amide bonds. The highest BCUT2D eigenvalue weighted by Crippen LogP contribution is 2.37. The number of aliphatic hydroxyl groups is 2. The Hall–Kier alpha value is -1.51. The number of nitrogens with zero attached hydrogens (tertiary/aromatic N) is 3. The first-order chi connectivity index (χ1) is 13.1. The van der Waals surface area contributed by atoms with Crippen LogP contribution in [0.1, 0.15) is 63.5 Å². The smallest absolute Gasteiger partial charge is 0.223 e. The Balaban J connectivity index is 1.27. The Morgan fingerprint density at radius 1 is 1.30 bits per heavy atom. The molecule has 3 N–H and O–H groups in total. The Kier molecular flexibility index (Phi) is 5.48. The number of carbonyl (C=O) groups excluding carboxylic acids is 1. The van der Waals surface area contributed by atoms with E-state index in [9.17, 15) is 15.0 Å². The summed E-state index contributed by atoms with van der Waals surface area (Å²) in [5.74, 6) is 0.263. The van der Waals surface area contributed by atoms with Crippen molar-refractivity contribution in [3.05, 3.63) is 11.9 Å². The van der Waals surface area contributed by atoms with Gasteiger partial charge < -0.3 is 20.3 Å². The Labute approximate surface area is 159 Å². The summed E-state index contributed by atoms with van der Waals surface area (Å²) in [5, 5.41) is 31.6. The molecule has 1 aliphatic heterocycles. The van der Waals surface area contributed by atoms with E-state index in [1.165, 1.54) is 0 Å². The van der Waals surface area contributed by atoms with Crippen LogP contribution in [-0.2, 0) is 21.7 Å². The summed E-state index contributed by atoms with van der Waals surface area (Å²) in [6.07, 6.45) is 9.46. The van der Waals surface area contributed by atoms with Crippen molar-refractivity contribution in [3.8, 4) is 0 Å². The summed E-state index contributed by atoms with van der Waals surface area (Å²) in [6, 6.07) is -0.103. The quantitative estimate of drug-likeness (QED) is 0.649. The molecule has 3 fully saturated rings. The molecule has 0 spiro atoms. The Morgan fingerprint density at radius 2 is 2.07 bits per heavy atom. The van der Waals surface area contributed by atoms with Crippen molar-refractivity contribution in [1.29, 1.82) is 0 Å². The van der Waals surface area contributed by atoms with Crippen LogP contribution in [0, 0.1) is 5.92 Å². The molecule has 8 nitrogen and oxygen atoms in total. The van der Waals surface area contributed by atoms with Gasteiger partial charge in [-0.05, 0) is 44.9 Å². The first-order valence-corrected chi connectivity index (χ1v) is 10.3. The molecule has 3 atom stereocenters. The molecule has 8 heteroatoms. The van der Waals surface area contributed by atoms with Crippen LogP contribution in [0.4, 0.5) is 0 Å². The number of aryl methyl sites for hydroxylation is 1. The van der Waals surface area contributed by atoms with E-state index in [0.29, 0.717) is 12.2 Å². The lowest BCUT2D eigenvalue weighted by Gasteiger charge is -2.36. The monoisotopic (exact) mass is 378 g/mol. The van der Waals surface area contributed by atoms with Crippen molar-refractivity contribution in [2.75, 3.05) is 6.61 Å². The molecular formula is C19H30N4O4. The van der Waals surface area contributed by atoms with Gasteiger partial charge in [-0.1, -0.05) is 18.1 Å². The van der Waals surface area contributed by atoms with Gasteiger partial charge in [-0.25, -0.2) is 0 Å². The average Bonchev–Trinajstić information content (AvgIpc) is 3.25. The predicted octanol–water partition coefficient (Wildman–Crippen LogP) is 0.864. The van der Waals surface area contributed by atoms with Crippen LogP contribution in [0.2, 0.25) is 0 Å². The van der Waals surface area contributed by atoms with Gasteiger partial charge >= 0.3 is 0 Å². The van der Waals surface area contributed by atoms with Gasteiger partial charge in [0.2, 0.25) is 5.91 Å². The van der Waals surface area contributed by atoms with Crippen LogP contribution in [-0.4, -0.2) is 56.0 Å². The lowest BCUT2D eigenvalue weighted by Crippen LogP contribution is -2.51. The largest absolute Gasteiger partial charge is 0.394 e. The van der Waals surface area contributed by atoms with E-state index in [2.05, 4.69) is 15.6 Å². The van der Waals surface area contributed by atoms with Gasteiger partial charge in [0, 0.05) is 12.5 Å². The number of aromatic nitrogens is 3. The van der Waals surface area contributed by atoms with Gasteiger partial charge in [0.1, 0.15) is 17.4 Å². The standard InChI is InChI=1S/C19H30N4O4/c24-12-16-15(20-18(25)13-3-4-13)6-5-14(27-16)7-10-23-11-17(21-22-23)19(26)8-1-2-9-19/h11,13-16,24,26H,1-10,12H2,(H,20,25)/t14-,15-,16-/m1/s1. The SMILES string of the molecule is O=C(N[C@@H]1CC[C@H](CCn2cc(C3(O)CCCC3)nn2)O[C@@H]1CO)C1CC1. The normalized spacial score (nSPS) is 30.4. The van der Waals surface area contributed by atoms with E-state index in [-0.39, 0.29) is 36.7 Å². The van der Waals surface area contributed by atoms with E-state index in [0.717, 1.165) is 57.8 Å². The summed E-state index contributed by atoms with van der Waals surface area (Å²) in [5.41, 5.74) is -0.144. The van der Waals surface area contributed by atoms with Crippen molar-refractivity contribution in [3.63, 3.8) is 0 Å². The highest BCUT2D eigenvalue weighted by molar-refractivity contribution is 5.81. The Morgan fingerprint density at radius 3 is 2.78 bits per heavy atom. The van der Waals surface area contributed by atoms with Crippen LogP contribution in [0.15, 0.2) is 6.20 Å². The van der Waals surface area contributed by atoms with Gasteiger partial charge in [-0.3, -0.25) is 9.48 Å². The number of aliphatic hydroxyl groups excluding tert-OH is 1. The molecule has 2 saturated carbocycles. The van der Waals surface area contributed by atoms with Crippen LogP contribution >= 0.6 is 0 Å². The summed E-state index contributed by atoms with van der Waals surface area (Å²) in [4.78, 5) is 12.0. The third-order valence-corrected chi connectivity index (χ3v) is 6.20. The lowest BCUT2D eigenvalue weighted by atomic mass is 9.97. The minimum atomic E-state index is -0.811. The van der Waals surface area contributed by atoms with Gasteiger partial charge in [-0.2, -0.15) is 0 Å². The molecule has 0 radical (unpaired) electrons. The molecule has 2 aliphatic carbocycles. The fourth-order valence-electron chi connectivity index (χ4n) is 4.27. The number of carbonyl (C=O) groups is 1. The third kappa shape index (κ3) is 4.33. The van der Waals surface area contributed by atoms with E-state index in [1.54, 1.807) is 4.68 Å². The summed E-state index contributed by atoms with van der Waals surface area (Å²) in [7, 11) is 0. The molecule has 0 aromatic carbocycles. The number of nitrogens with one attached hydrogen (secondary N) is 1. The number of rotatable bonds is 7. The van der Waals surface area contributed by atoms with E-state index < -0.39 is 5.60 Å². The van der Waals surface area contributed by atoms with Crippen molar-refractivity contribution in [1.82, 2.24) is 20.3 Å². The lowest BCUT2D eigenvalue weighted by molar-refractivity contribution is -0.129. The van der Waals surface area contributed by atoms with Crippen molar-refractivity contribution in [2.24, 2.45) is 5.92 Å². The number of amides is 1. The molecule has 0 unspecified atom stereocenters. The molecular weight excluding hydrogens is 348 g/mol. The Bertz CT molecular complexity index is 654. The minimum absolute atomic E-state index is 0.0263. The van der Waals surface area contributed by atoms with Gasteiger partial charge in [0.05, 0.1) is 24.9 Å². The van der Waals surface area contributed by atoms with E-state index in [4.69, 9.17) is 4.74 Å². The molecule has 1 saturated heterocycles. The highest BCUT2D eigenvalue weighted by Gasteiger charge is 2.37. The van der Waals surface area contributed by atoms with Gasteiger partial charge in [-0.15, -0.1) is 5.10 Å². The summed E-state index contributed by atoms with van der Waals surface area (Å²) >= 11 is 0. The topological polar surface area (TPSA) is 110 Å².